The van der Waals surface area contributed by atoms with Gasteiger partial charge >= 0.3 is 0 Å². The van der Waals surface area contributed by atoms with E-state index >= 15 is 0 Å². The number of hydrogen-bond acceptors (Lipinski definition) is 2. The van der Waals surface area contributed by atoms with Crippen molar-refractivity contribution in [3.05, 3.63) is 125 Å². The molecule has 4 rings (SSSR count). The maximum atomic E-state index is 13.1. The van der Waals surface area contributed by atoms with E-state index in [1.807, 2.05) is 79.9 Å². The van der Waals surface area contributed by atoms with Crippen LogP contribution in [0.1, 0.15) is 44.5 Å². The number of carbonyl (C=O) groups excluding carboxylic acids is 1. The van der Waals surface area contributed by atoms with Gasteiger partial charge in [0.1, 0.15) is 5.82 Å². The molecule has 1 aromatic heterocycles. The van der Waals surface area contributed by atoms with Crippen molar-refractivity contribution in [3.8, 4) is 0 Å². The quantitative estimate of drug-likeness (QED) is 0.496. The smallest absolute Gasteiger partial charge is 0.252 e. The van der Waals surface area contributed by atoms with Crippen molar-refractivity contribution in [1.82, 2.24) is 14.9 Å². The monoisotopic (exact) mass is 395 g/mol. The van der Waals surface area contributed by atoms with Gasteiger partial charge < -0.3 is 9.88 Å². The normalized spacial score (nSPS) is 11.8. The third-order valence-corrected chi connectivity index (χ3v) is 5.40. The van der Waals surface area contributed by atoms with E-state index in [9.17, 15) is 4.79 Å². The Hall–Kier alpha value is -3.66. The molecule has 1 amide bonds. The molecule has 0 saturated heterocycles. The molecular weight excluding hydrogens is 370 g/mol. The van der Waals surface area contributed by atoms with E-state index in [-0.39, 0.29) is 11.9 Å². The molecule has 150 valence electrons. The van der Waals surface area contributed by atoms with Gasteiger partial charge in [-0.05, 0) is 48.2 Å². The molecular formula is C26H25N3O. The Morgan fingerprint density at radius 3 is 2.30 bits per heavy atom. The fourth-order valence-corrected chi connectivity index (χ4v) is 3.64. The third kappa shape index (κ3) is 4.33. The largest absolute Gasteiger partial charge is 0.341 e. The van der Waals surface area contributed by atoms with Crippen LogP contribution in [0.5, 0.6) is 0 Å². The molecule has 0 fully saturated rings. The van der Waals surface area contributed by atoms with Crippen molar-refractivity contribution in [2.45, 2.75) is 26.4 Å². The Morgan fingerprint density at radius 2 is 1.63 bits per heavy atom. The first-order valence-electron chi connectivity index (χ1n) is 10.1. The predicted molar refractivity (Wildman–Crippen MR) is 119 cm³/mol. The van der Waals surface area contributed by atoms with Crippen LogP contribution < -0.4 is 5.32 Å². The van der Waals surface area contributed by atoms with E-state index in [2.05, 4.69) is 33.9 Å². The molecule has 0 saturated carbocycles. The van der Waals surface area contributed by atoms with Gasteiger partial charge in [0, 0.05) is 24.5 Å². The van der Waals surface area contributed by atoms with Gasteiger partial charge in [-0.25, -0.2) is 4.98 Å². The number of hydrogen-bond donors (Lipinski definition) is 1. The minimum atomic E-state index is -0.201. The lowest BCUT2D eigenvalue weighted by atomic mass is 9.94. The lowest BCUT2D eigenvalue weighted by Crippen LogP contribution is -2.29. The average molecular weight is 396 g/mol. The maximum absolute atomic E-state index is 13.1. The van der Waals surface area contributed by atoms with E-state index in [1.54, 1.807) is 6.20 Å². The summed E-state index contributed by atoms with van der Waals surface area (Å²) in [5.41, 5.74) is 5.09. The predicted octanol–water partition coefficient (Wildman–Crippen LogP) is 5.07. The van der Waals surface area contributed by atoms with Crippen molar-refractivity contribution in [2.75, 3.05) is 0 Å². The van der Waals surface area contributed by atoms with E-state index in [0.717, 1.165) is 34.6 Å². The molecule has 1 heterocycles. The van der Waals surface area contributed by atoms with Crippen LogP contribution in [-0.4, -0.2) is 15.5 Å². The van der Waals surface area contributed by atoms with Gasteiger partial charge in [-0.15, -0.1) is 0 Å². The SMILES string of the molecule is Cc1ccccc1C(NC(=O)c1ccc(Cn2ccnc2C)cc1)c1ccccc1. The number of nitrogens with zero attached hydrogens (tertiary/aromatic N) is 2. The van der Waals surface area contributed by atoms with Crippen molar-refractivity contribution < 1.29 is 4.79 Å². The zero-order valence-corrected chi connectivity index (χ0v) is 17.2. The molecule has 0 aliphatic heterocycles. The number of imidazole rings is 1. The molecule has 0 aliphatic carbocycles. The van der Waals surface area contributed by atoms with Gasteiger partial charge in [0.15, 0.2) is 0 Å². The maximum Gasteiger partial charge on any atom is 0.252 e. The minimum absolute atomic E-state index is 0.0857. The van der Waals surface area contributed by atoms with Gasteiger partial charge in [-0.2, -0.15) is 0 Å². The summed E-state index contributed by atoms with van der Waals surface area (Å²) in [6.45, 7) is 4.80. The van der Waals surface area contributed by atoms with Crippen LogP contribution in [0.15, 0.2) is 91.3 Å². The summed E-state index contributed by atoms with van der Waals surface area (Å²) in [7, 11) is 0. The molecule has 3 aromatic carbocycles. The van der Waals surface area contributed by atoms with Gasteiger partial charge in [-0.1, -0.05) is 66.7 Å². The first kappa shape index (κ1) is 19.6. The second-order valence-electron chi connectivity index (χ2n) is 7.47. The summed E-state index contributed by atoms with van der Waals surface area (Å²) in [6, 6.07) is 25.8. The lowest BCUT2D eigenvalue weighted by molar-refractivity contribution is 0.0943. The number of aromatic nitrogens is 2. The Morgan fingerprint density at radius 1 is 0.933 bits per heavy atom. The highest BCUT2D eigenvalue weighted by molar-refractivity contribution is 5.94. The van der Waals surface area contributed by atoms with Crippen LogP contribution >= 0.6 is 0 Å². The molecule has 30 heavy (non-hydrogen) atoms. The van der Waals surface area contributed by atoms with Crippen LogP contribution in [0.2, 0.25) is 0 Å². The molecule has 4 aromatic rings. The minimum Gasteiger partial charge on any atom is -0.341 e. The van der Waals surface area contributed by atoms with Gasteiger partial charge in [0.2, 0.25) is 0 Å². The fraction of sp³-hybridized carbons (Fsp3) is 0.154. The first-order chi connectivity index (χ1) is 14.6. The molecule has 4 heteroatoms. The zero-order chi connectivity index (χ0) is 20.9. The molecule has 1 unspecified atom stereocenters. The second kappa shape index (κ2) is 8.78. The Balaban J connectivity index is 1.55. The van der Waals surface area contributed by atoms with Crippen LogP contribution in [0.3, 0.4) is 0 Å². The highest BCUT2D eigenvalue weighted by Crippen LogP contribution is 2.25. The Labute approximate surface area is 177 Å². The summed E-state index contributed by atoms with van der Waals surface area (Å²) < 4.78 is 2.08. The Bertz CT molecular complexity index is 1130. The van der Waals surface area contributed by atoms with Crippen LogP contribution in [-0.2, 0) is 6.54 Å². The van der Waals surface area contributed by atoms with Gasteiger partial charge in [0.05, 0.1) is 6.04 Å². The number of nitrogens with one attached hydrogen (secondary N) is 1. The van der Waals surface area contributed by atoms with Crippen molar-refractivity contribution in [3.63, 3.8) is 0 Å². The van der Waals surface area contributed by atoms with E-state index in [4.69, 9.17) is 0 Å². The zero-order valence-electron chi connectivity index (χ0n) is 17.2. The van der Waals surface area contributed by atoms with Crippen LogP contribution in [0, 0.1) is 13.8 Å². The first-order valence-corrected chi connectivity index (χ1v) is 10.1. The van der Waals surface area contributed by atoms with E-state index in [1.165, 1.54) is 0 Å². The number of carbonyl (C=O) groups is 1. The topological polar surface area (TPSA) is 46.9 Å². The lowest BCUT2D eigenvalue weighted by Gasteiger charge is -2.22. The van der Waals surface area contributed by atoms with Crippen LogP contribution in [0.25, 0.3) is 0 Å². The van der Waals surface area contributed by atoms with E-state index in [0.29, 0.717) is 5.56 Å². The van der Waals surface area contributed by atoms with Gasteiger partial charge in [-0.3, -0.25) is 4.79 Å². The average Bonchev–Trinajstić information content (AvgIpc) is 3.18. The molecule has 1 N–H and O–H groups in total. The summed E-state index contributed by atoms with van der Waals surface area (Å²) in [5.74, 6) is 0.887. The van der Waals surface area contributed by atoms with Crippen LogP contribution in [0.4, 0.5) is 0 Å². The third-order valence-electron chi connectivity index (χ3n) is 5.40. The molecule has 1 atom stereocenters. The van der Waals surface area contributed by atoms with E-state index < -0.39 is 0 Å². The fourth-order valence-electron chi connectivity index (χ4n) is 3.64. The summed E-state index contributed by atoms with van der Waals surface area (Å²) in [4.78, 5) is 17.3. The molecule has 0 bridgehead atoms. The summed E-state index contributed by atoms with van der Waals surface area (Å²) in [5, 5.41) is 3.23. The van der Waals surface area contributed by atoms with Gasteiger partial charge in [0.25, 0.3) is 5.91 Å². The summed E-state index contributed by atoms with van der Waals surface area (Å²) >= 11 is 0. The molecule has 0 spiro atoms. The number of benzene rings is 3. The Kier molecular flexibility index (Phi) is 5.75. The highest BCUT2D eigenvalue weighted by Gasteiger charge is 2.19. The number of aryl methyl sites for hydroxylation is 2. The second-order valence-corrected chi connectivity index (χ2v) is 7.47. The van der Waals surface area contributed by atoms with Crippen molar-refractivity contribution in [2.24, 2.45) is 0 Å². The van der Waals surface area contributed by atoms with Crippen molar-refractivity contribution in [1.29, 1.82) is 0 Å². The molecule has 4 nitrogen and oxygen atoms in total. The molecule has 0 aliphatic rings. The molecule has 0 radical (unpaired) electrons. The number of amides is 1. The van der Waals surface area contributed by atoms with Crippen molar-refractivity contribution >= 4 is 5.91 Å². The highest BCUT2D eigenvalue weighted by atomic mass is 16.1. The summed E-state index contributed by atoms with van der Waals surface area (Å²) in [6.07, 6.45) is 3.76. The number of rotatable bonds is 6. The standard InChI is InChI=1S/C26H25N3O/c1-19-8-6-7-11-24(19)25(22-9-4-3-5-10-22)28-26(30)23-14-12-21(13-15-23)18-29-17-16-27-20(29)2/h3-17,25H,18H2,1-2H3,(H,28,30).